The van der Waals surface area contributed by atoms with E-state index < -0.39 is 0 Å². The molecule has 0 amide bonds. The van der Waals surface area contributed by atoms with Gasteiger partial charge in [-0.2, -0.15) is 0 Å². The third-order valence-electron chi connectivity index (χ3n) is 4.95. The highest BCUT2D eigenvalue weighted by Gasteiger charge is 2.38. The van der Waals surface area contributed by atoms with E-state index in [0.29, 0.717) is 21.8 Å². The van der Waals surface area contributed by atoms with Crippen LogP contribution < -0.4 is 10.2 Å². The second-order valence-corrected chi connectivity index (χ2v) is 6.96. The van der Waals surface area contributed by atoms with Crippen molar-refractivity contribution < 1.29 is 9.15 Å². The minimum Gasteiger partial charge on any atom is -0.477 e. The molecule has 3 nitrogen and oxygen atoms in total. The van der Waals surface area contributed by atoms with Gasteiger partial charge in [-0.3, -0.25) is 4.79 Å². The van der Waals surface area contributed by atoms with Gasteiger partial charge in [0, 0.05) is 16.5 Å². The highest BCUT2D eigenvalue weighted by Crippen LogP contribution is 2.47. The molecule has 2 aromatic carbocycles. The van der Waals surface area contributed by atoms with Gasteiger partial charge in [0.05, 0.1) is 5.39 Å². The number of fused-ring (bicyclic) bond motifs is 4. The molecule has 1 aromatic heterocycles. The average Bonchev–Trinajstić information content (AvgIpc) is 2.69. The van der Waals surface area contributed by atoms with Crippen molar-refractivity contribution in [3.63, 3.8) is 0 Å². The third-order valence-corrected chi connectivity index (χ3v) is 5.18. The second-order valence-electron chi connectivity index (χ2n) is 6.53. The molecule has 1 aliphatic carbocycles. The van der Waals surface area contributed by atoms with Gasteiger partial charge in [-0.25, -0.2) is 0 Å². The summed E-state index contributed by atoms with van der Waals surface area (Å²) < 4.78 is 12.3. The van der Waals surface area contributed by atoms with Gasteiger partial charge in [-0.1, -0.05) is 60.2 Å². The van der Waals surface area contributed by atoms with Crippen LogP contribution in [-0.2, 0) is 0 Å². The van der Waals surface area contributed by atoms with Crippen LogP contribution in [0.15, 0.2) is 76.0 Å². The molecular weight excluding hydrogens is 348 g/mol. The summed E-state index contributed by atoms with van der Waals surface area (Å²) in [5.41, 5.74) is 2.38. The quantitative estimate of drug-likeness (QED) is 0.533. The fourth-order valence-electron chi connectivity index (χ4n) is 3.73. The Morgan fingerprint density at radius 2 is 1.92 bits per heavy atom. The molecule has 2 atom stereocenters. The normalized spacial score (nSPS) is 20.9. The maximum absolute atomic E-state index is 13.1. The van der Waals surface area contributed by atoms with Gasteiger partial charge in [0.2, 0.25) is 11.2 Å². The van der Waals surface area contributed by atoms with E-state index in [4.69, 9.17) is 20.8 Å². The number of benzene rings is 2. The van der Waals surface area contributed by atoms with Crippen LogP contribution in [0.4, 0.5) is 0 Å². The minimum atomic E-state index is -0.258. The first kappa shape index (κ1) is 15.5. The summed E-state index contributed by atoms with van der Waals surface area (Å²) in [5.74, 6) is 0.823. The minimum absolute atomic E-state index is 0.0200. The predicted molar refractivity (Wildman–Crippen MR) is 103 cm³/mol. The molecule has 0 fully saturated rings. The SMILES string of the molecule is O=c1c2c(oc3ccc(Cl)cc13)C1=CCC=CC1C(c1ccccc1)O2. The van der Waals surface area contributed by atoms with E-state index in [1.807, 2.05) is 30.3 Å². The van der Waals surface area contributed by atoms with Crippen molar-refractivity contribution in [2.75, 3.05) is 0 Å². The predicted octanol–water partition coefficient (Wildman–Crippen LogP) is 5.54. The van der Waals surface area contributed by atoms with Crippen LogP contribution in [0, 0.1) is 5.92 Å². The summed E-state index contributed by atoms with van der Waals surface area (Å²) in [5, 5.41) is 0.936. The van der Waals surface area contributed by atoms with Gasteiger partial charge in [-0.05, 0) is 30.2 Å². The van der Waals surface area contributed by atoms with Crippen molar-refractivity contribution in [3.05, 3.63) is 93.3 Å². The Labute approximate surface area is 155 Å². The summed E-state index contributed by atoms with van der Waals surface area (Å²) in [7, 11) is 0. The molecule has 0 bridgehead atoms. The van der Waals surface area contributed by atoms with Gasteiger partial charge in [0.25, 0.3) is 0 Å². The fraction of sp³-hybridized carbons (Fsp3) is 0.136. The number of halogens is 1. The highest BCUT2D eigenvalue weighted by molar-refractivity contribution is 6.31. The molecule has 2 heterocycles. The van der Waals surface area contributed by atoms with Crippen LogP contribution in [0.25, 0.3) is 16.5 Å². The van der Waals surface area contributed by atoms with Crippen LogP contribution >= 0.6 is 11.6 Å². The van der Waals surface area contributed by atoms with Crippen molar-refractivity contribution in [1.82, 2.24) is 0 Å². The van der Waals surface area contributed by atoms with Crippen LogP contribution in [-0.4, -0.2) is 0 Å². The van der Waals surface area contributed by atoms with E-state index in [-0.39, 0.29) is 23.2 Å². The van der Waals surface area contributed by atoms with Crippen molar-refractivity contribution in [2.24, 2.45) is 5.92 Å². The maximum atomic E-state index is 13.1. The molecule has 0 spiro atoms. The summed E-state index contributed by atoms with van der Waals surface area (Å²) in [6.45, 7) is 0. The largest absolute Gasteiger partial charge is 0.477 e. The molecule has 0 radical (unpaired) electrons. The Bertz CT molecular complexity index is 1130. The zero-order chi connectivity index (χ0) is 17.7. The lowest BCUT2D eigenvalue weighted by Crippen LogP contribution is -2.28. The molecule has 5 rings (SSSR count). The fourth-order valence-corrected chi connectivity index (χ4v) is 3.91. The molecule has 128 valence electrons. The number of allylic oxidation sites excluding steroid dienone is 2. The van der Waals surface area contributed by atoms with Gasteiger partial charge >= 0.3 is 0 Å². The molecule has 1 aliphatic heterocycles. The lowest BCUT2D eigenvalue weighted by atomic mass is 9.82. The monoisotopic (exact) mass is 362 g/mol. The van der Waals surface area contributed by atoms with Crippen molar-refractivity contribution in [2.45, 2.75) is 12.5 Å². The Kier molecular flexibility index (Phi) is 3.50. The van der Waals surface area contributed by atoms with Crippen molar-refractivity contribution in [3.8, 4) is 5.75 Å². The van der Waals surface area contributed by atoms with Crippen LogP contribution in [0.5, 0.6) is 5.75 Å². The zero-order valence-electron chi connectivity index (χ0n) is 13.8. The van der Waals surface area contributed by atoms with Gasteiger partial charge in [0.1, 0.15) is 11.7 Å². The molecule has 2 unspecified atom stereocenters. The summed E-state index contributed by atoms with van der Waals surface area (Å²) >= 11 is 6.07. The first-order valence-electron chi connectivity index (χ1n) is 8.57. The molecule has 0 saturated heterocycles. The highest BCUT2D eigenvalue weighted by atomic mass is 35.5. The molecule has 4 heteroatoms. The van der Waals surface area contributed by atoms with Gasteiger partial charge in [-0.15, -0.1) is 0 Å². The molecule has 3 aromatic rings. The molecule has 0 N–H and O–H groups in total. The number of hydrogen-bond donors (Lipinski definition) is 0. The Hall–Kier alpha value is -2.78. The Morgan fingerprint density at radius 1 is 1.08 bits per heavy atom. The van der Waals surface area contributed by atoms with Crippen molar-refractivity contribution in [1.29, 1.82) is 0 Å². The topological polar surface area (TPSA) is 39.4 Å². The first-order valence-corrected chi connectivity index (χ1v) is 8.95. The molecule has 2 aliphatic rings. The second kappa shape index (κ2) is 5.89. The summed E-state index contributed by atoms with van der Waals surface area (Å²) in [4.78, 5) is 13.1. The molecule has 26 heavy (non-hydrogen) atoms. The van der Waals surface area contributed by atoms with Crippen molar-refractivity contribution >= 4 is 28.1 Å². The summed E-state index contributed by atoms with van der Waals surface area (Å²) in [6, 6.07) is 15.1. The average molecular weight is 363 g/mol. The Morgan fingerprint density at radius 3 is 2.77 bits per heavy atom. The van der Waals surface area contributed by atoms with E-state index in [0.717, 1.165) is 17.6 Å². The van der Waals surface area contributed by atoms with E-state index >= 15 is 0 Å². The lowest BCUT2D eigenvalue weighted by Gasteiger charge is -2.34. The van der Waals surface area contributed by atoms with E-state index in [1.54, 1.807) is 18.2 Å². The molecule has 0 saturated carbocycles. The lowest BCUT2D eigenvalue weighted by molar-refractivity contribution is 0.161. The van der Waals surface area contributed by atoms with E-state index in [2.05, 4.69) is 18.2 Å². The number of hydrogen-bond acceptors (Lipinski definition) is 3. The first-order chi connectivity index (χ1) is 12.7. The smallest absolute Gasteiger partial charge is 0.235 e. The van der Waals surface area contributed by atoms with Crippen LogP contribution in [0.1, 0.15) is 23.8 Å². The van der Waals surface area contributed by atoms with Gasteiger partial charge < -0.3 is 9.15 Å². The maximum Gasteiger partial charge on any atom is 0.235 e. The Balaban J connectivity index is 1.77. The standard InChI is InChI=1S/C22H15ClO3/c23-14-10-11-18-17(12-14)19(24)22-21(25-18)16-9-5-4-8-15(16)20(26-22)13-6-2-1-3-7-13/h1-4,6-12,15,20H,5H2. The van der Waals surface area contributed by atoms with E-state index in [9.17, 15) is 4.79 Å². The van der Waals surface area contributed by atoms with E-state index in [1.165, 1.54) is 0 Å². The number of rotatable bonds is 1. The third kappa shape index (κ3) is 2.31. The van der Waals surface area contributed by atoms with Crippen LogP contribution in [0.3, 0.4) is 0 Å². The summed E-state index contributed by atoms with van der Waals surface area (Å²) in [6.07, 6.45) is 6.94. The van der Waals surface area contributed by atoms with Crippen LogP contribution in [0.2, 0.25) is 5.02 Å². The molecular formula is C22H15ClO3. The number of ether oxygens (including phenoxy) is 1. The zero-order valence-corrected chi connectivity index (χ0v) is 14.6. The van der Waals surface area contributed by atoms with Gasteiger partial charge in [0.15, 0.2) is 5.76 Å².